The SMILES string of the molecule is CNC(C(=O)N1CCN(Cc2ccccc2)C(C)(C)C1)c1cnn(C)c1.Cl.Cl. The van der Waals surface area contributed by atoms with Crippen LogP contribution in [0.25, 0.3) is 0 Å². The van der Waals surface area contributed by atoms with E-state index in [1.165, 1.54) is 5.56 Å². The summed E-state index contributed by atoms with van der Waals surface area (Å²) in [5.41, 5.74) is 2.14. The van der Waals surface area contributed by atoms with E-state index < -0.39 is 0 Å². The Balaban J connectivity index is 0.00000196. The molecule has 0 saturated carbocycles. The maximum absolute atomic E-state index is 13.1. The molecule has 0 spiro atoms. The highest BCUT2D eigenvalue weighted by molar-refractivity contribution is 5.85. The summed E-state index contributed by atoms with van der Waals surface area (Å²) < 4.78 is 1.73. The number of hydrogen-bond donors (Lipinski definition) is 1. The molecule has 1 aromatic heterocycles. The van der Waals surface area contributed by atoms with Crippen molar-refractivity contribution in [1.82, 2.24) is 24.9 Å². The number of aryl methyl sites for hydroxylation is 1. The van der Waals surface area contributed by atoms with Gasteiger partial charge in [0.15, 0.2) is 0 Å². The number of nitrogens with zero attached hydrogens (tertiary/aromatic N) is 4. The van der Waals surface area contributed by atoms with E-state index in [1.807, 2.05) is 31.3 Å². The Morgan fingerprint density at radius 1 is 1.21 bits per heavy atom. The van der Waals surface area contributed by atoms with Gasteiger partial charge >= 0.3 is 0 Å². The Kier molecular flexibility index (Phi) is 8.95. The van der Waals surface area contributed by atoms with Gasteiger partial charge in [0.1, 0.15) is 6.04 Å². The van der Waals surface area contributed by atoms with Gasteiger partial charge in [0.25, 0.3) is 0 Å². The minimum atomic E-state index is -0.347. The Morgan fingerprint density at radius 3 is 2.43 bits per heavy atom. The fourth-order valence-corrected chi connectivity index (χ4v) is 3.68. The Morgan fingerprint density at radius 2 is 1.89 bits per heavy atom. The normalized spacial score (nSPS) is 17.4. The first-order chi connectivity index (χ1) is 12.4. The molecule has 6 nitrogen and oxygen atoms in total. The number of aromatic nitrogens is 2. The standard InChI is InChI=1S/C20H29N5O.2ClH/c1-20(2)15-24(10-11-25(20)13-16-8-6-5-7-9-16)19(26)18(21-3)17-12-22-23(4)14-17;;/h5-9,12,14,18,21H,10-11,13,15H2,1-4H3;2*1H. The molecule has 1 amide bonds. The highest BCUT2D eigenvalue weighted by Crippen LogP contribution is 2.25. The fourth-order valence-electron chi connectivity index (χ4n) is 3.68. The van der Waals surface area contributed by atoms with Crippen LogP contribution in [0.2, 0.25) is 0 Å². The average molecular weight is 428 g/mol. The second-order valence-corrected chi connectivity index (χ2v) is 7.65. The van der Waals surface area contributed by atoms with E-state index in [-0.39, 0.29) is 42.3 Å². The van der Waals surface area contributed by atoms with E-state index in [0.717, 1.165) is 31.7 Å². The molecule has 1 aliphatic heterocycles. The van der Waals surface area contributed by atoms with Gasteiger partial charge in [0.2, 0.25) is 5.91 Å². The Hall–Kier alpha value is -1.60. The maximum atomic E-state index is 13.1. The van der Waals surface area contributed by atoms with Crippen LogP contribution >= 0.6 is 24.8 Å². The van der Waals surface area contributed by atoms with E-state index in [1.54, 1.807) is 10.9 Å². The summed E-state index contributed by atoms with van der Waals surface area (Å²) in [5.74, 6) is 0.118. The molecule has 8 heteroatoms. The molecule has 28 heavy (non-hydrogen) atoms. The van der Waals surface area contributed by atoms with Crippen LogP contribution < -0.4 is 5.32 Å². The zero-order valence-corrected chi connectivity index (χ0v) is 18.6. The third-order valence-corrected chi connectivity index (χ3v) is 5.20. The van der Waals surface area contributed by atoms with Gasteiger partial charge in [-0.3, -0.25) is 14.4 Å². The zero-order chi connectivity index (χ0) is 18.7. The van der Waals surface area contributed by atoms with Crippen LogP contribution in [0.4, 0.5) is 0 Å². The second kappa shape index (κ2) is 10.3. The van der Waals surface area contributed by atoms with Gasteiger partial charge in [-0.25, -0.2) is 0 Å². The number of nitrogens with one attached hydrogen (secondary N) is 1. The summed E-state index contributed by atoms with van der Waals surface area (Å²) in [6, 6.07) is 10.2. The number of carbonyl (C=O) groups excluding carboxylic acids is 1. The molecule has 1 saturated heterocycles. The molecule has 1 N–H and O–H groups in total. The third-order valence-electron chi connectivity index (χ3n) is 5.20. The smallest absolute Gasteiger partial charge is 0.244 e. The first kappa shape index (κ1) is 24.4. The van der Waals surface area contributed by atoms with Crippen LogP contribution in [-0.4, -0.2) is 57.7 Å². The number of hydrogen-bond acceptors (Lipinski definition) is 4. The minimum Gasteiger partial charge on any atom is -0.338 e. The zero-order valence-electron chi connectivity index (χ0n) is 17.0. The predicted molar refractivity (Wildman–Crippen MR) is 117 cm³/mol. The molecule has 0 bridgehead atoms. The molecule has 0 radical (unpaired) electrons. The summed E-state index contributed by atoms with van der Waals surface area (Å²) in [5, 5.41) is 7.35. The summed E-state index contributed by atoms with van der Waals surface area (Å²) >= 11 is 0. The molecule has 1 aliphatic rings. The summed E-state index contributed by atoms with van der Waals surface area (Å²) in [6.45, 7) is 7.68. The van der Waals surface area contributed by atoms with Crippen molar-refractivity contribution < 1.29 is 4.79 Å². The predicted octanol–water partition coefficient (Wildman–Crippen LogP) is 2.65. The molecule has 1 atom stereocenters. The van der Waals surface area contributed by atoms with Gasteiger partial charge in [-0.15, -0.1) is 24.8 Å². The van der Waals surface area contributed by atoms with E-state index in [2.05, 4.69) is 53.4 Å². The minimum absolute atomic E-state index is 0. The monoisotopic (exact) mass is 427 g/mol. The number of piperazine rings is 1. The number of rotatable bonds is 5. The molecule has 2 heterocycles. The van der Waals surface area contributed by atoms with Gasteiger partial charge in [0, 0.05) is 50.5 Å². The van der Waals surface area contributed by atoms with E-state index in [4.69, 9.17) is 0 Å². The van der Waals surface area contributed by atoms with E-state index in [0.29, 0.717) is 0 Å². The van der Waals surface area contributed by atoms with Crippen molar-refractivity contribution in [2.75, 3.05) is 26.7 Å². The number of likely N-dealkylation sites (N-methyl/N-ethyl adjacent to an activating group) is 1. The van der Waals surface area contributed by atoms with E-state index >= 15 is 0 Å². The van der Waals surface area contributed by atoms with Crippen molar-refractivity contribution in [3.05, 3.63) is 53.9 Å². The maximum Gasteiger partial charge on any atom is 0.244 e. The first-order valence-corrected chi connectivity index (χ1v) is 9.14. The first-order valence-electron chi connectivity index (χ1n) is 9.14. The summed E-state index contributed by atoms with van der Waals surface area (Å²) in [7, 11) is 3.69. The van der Waals surface area contributed by atoms with Gasteiger partial charge in [-0.05, 0) is 26.5 Å². The van der Waals surface area contributed by atoms with Crippen LogP contribution in [0.3, 0.4) is 0 Å². The molecular formula is C20H31Cl2N5O. The van der Waals surface area contributed by atoms with Crippen LogP contribution in [0, 0.1) is 0 Å². The van der Waals surface area contributed by atoms with Gasteiger partial charge in [0.05, 0.1) is 6.20 Å². The molecule has 156 valence electrons. The highest BCUT2D eigenvalue weighted by atomic mass is 35.5. The van der Waals surface area contributed by atoms with Gasteiger partial charge in [-0.1, -0.05) is 30.3 Å². The average Bonchev–Trinajstić information content (AvgIpc) is 3.04. The molecule has 0 aliphatic carbocycles. The Labute approximate surface area is 180 Å². The highest BCUT2D eigenvalue weighted by Gasteiger charge is 2.37. The molecule has 2 aromatic rings. The number of halogens is 2. The van der Waals surface area contributed by atoms with Crippen LogP contribution in [0.1, 0.15) is 31.0 Å². The van der Waals surface area contributed by atoms with Crippen LogP contribution in [0.15, 0.2) is 42.7 Å². The van der Waals surface area contributed by atoms with Crippen molar-refractivity contribution in [1.29, 1.82) is 0 Å². The van der Waals surface area contributed by atoms with Crippen molar-refractivity contribution >= 4 is 30.7 Å². The Bertz CT molecular complexity index is 750. The number of carbonyl (C=O) groups is 1. The number of benzene rings is 1. The second-order valence-electron chi connectivity index (χ2n) is 7.65. The topological polar surface area (TPSA) is 53.4 Å². The lowest BCUT2D eigenvalue weighted by atomic mass is 9.96. The van der Waals surface area contributed by atoms with Gasteiger partial charge in [-0.2, -0.15) is 5.10 Å². The van der Waals surface area contributed by atoms with Crippen molar-refractivity contribution in [2.45, 2.75) is 32.0 Å². The quantitative estimate of drug-likeness (QED) is 0.796. The molecule has 1 fully saturated rings. The molecular weight excluding hydrogens is 397 g/mol. The molecule has 1 unspecified atom stereocenters. The van der Waals surface area contributed by atoms with Crippen LogP contribution in [-0.2, 0) is 18.4 Å². The van der Waals surface area contributed by atoms with Gasteiger partial charge < -0.3 is 10.2 Å². The molecule has 3 rings (SSSR count). The van der Waals surface area contributed by atoms with Crippen molar-refractivity contribution in [3.63, 3.8) is 0 Å². The molecule has 1 aromatic carbocycles. The van der Waals surface area contributed by atoms with E-state index in [9.17, 15) is 4.79 Å². The fraction of sp³-hybridized carbons (Fsp3) is 0.500. The summed E-state index contributed by atoms with van der Waals surface area (Å²) in [4.78, 5) is 17.5. The largest absolute Gasteiger partial charge is 0.338 e. The summed E-state index contributed by atoms with van der Waals surface area (Å²) in [6.07, 6.45) is 3.66. The van der Waals surface area contributed by atoms with Crippen LogP contribution in [0.5, 0.6) is 0 Å². The lowest BCUT2D eigenvalue weighted by Gasteiger charge is -2.47. The van der Waals surface area contributed by atoms with Crippen molar-refractivity contribution in [2.24, 2.45) is 7.05 Å². The lowest BCUT2D eigenvalue weighted by Crippen LogP contribution is -2.61. The number of amides is 1. The lowest BCUT2D eigenvalue weighted by molar-refractivity contribution is -0.138. The third kappa shape index (κ3) is 5.47. The van der Waals surface area contributed by atoms with Crippen molar-refractivity contribution in [3.8, 4) is 0 Å².